The van der Waals surface area contributed by atoms with Crippen LogP contribution in [-0.4, -0.2) is 12.2 Å². The van der Waals surface area contributed by atoms with Crippen LogP contribution in [0.3, 0.4) is 0 Å². The fraction of sp³-hybridized carbons (Fsp3) is 0.0667. The highest BCUT2D eigenvalue weighted by Crippen LogP contribution is 2.42. The Bertz CT molecular complexity index is 800. The molecule has 1 amide bonds. The summed E-state index contributed by atoms with van der Waals surface area (Å²) in [6.45, 7) is 0. The molecular formula is C15H8F2N2O3. The Balaban J connectivity index is 1.80. The lowest BCUT2D eigenvalue weighted by atomic mass is 10.1. The van der Waals surface area contributed by atoms with E-state index in [1.165, 1.54) is 30.3 Å². The van der Waals surface area contributed by atoms with Crippen LogP contribution in [-0.2, 0) is 0 Å². The lowest BCUT2D eigenvalue weighted by Gasteiger charge is -2.06. The van der Waals surface area contributed by atoms with Gasteiger partial charge >= 0.3 is 6.29 Å². The average molecular weight is 302 g/mol. The monoisotopic (exact) mass is 302 g/mol. The number of carbonyl (C=O) groups excluding carboxylic acids is 1. The minimum Gasteiger partial charge on any atom is -0.395 e. The van der Waals surface area contributed by atoms with Crippen molar-refractivity contribution in [2.75, 3.05) is 5.32 Å². The molecule has 0 saturated carbocycles. The second kappa shape index (κ2) is 5.00. The standard InChI is InChI=1S/C15H8F2N2O3/c16-15(17)21-12-5-4-11(7-13(12)22-15)19-14(20)10-3-1-2-9(6-10)8-18/h1-7H,(H,19,20). The third-order valence-electron chi connectivity index (χ3n) is 2.91. The minimum absolute atomic E-state index is 0.102. The van der Waals surface area contributed by atoms with Gasteiger partial charge in [-0.1, -0.05) is 6.07 Å². The molecule has 1 aliphatic heterocycles. The van der Waals surface area contributed by atoms with Crippen molar-refractivity contribution in [2.45, 2.75) is 6.29 Å². The molecule has 1 aliphatic rings. The van der Waals surface area contributed by atoms with Crippen molar-refractivity contribution in [3.05, 3.63) is 53.6 Å². The Kier molecular flexibility index (Phi) is 3.14. The summed E-state index contributed by atoms with van der Waals surface area (Å²) in [6, 6.07) is 12.0. The summed E-state index contributed by atoms with van der Waals surface area (Å²) in [5.74, 6) is -0.731. The number of fused-ring (bicyclic) bond motifs is 1. The van der Waals surface area contributed by atoms with E-state index in [4.69, 9.17) is 5.26 Å². The number of nitrogens with one attached hydrogen (secondary N) is 1. The largest absolute Gasteiger partial charge is 0.586 e. The first-order valence-electron chi connectivity index (χ1n) is 6.18. The summed E-state index contributed by atoms with van der Waals surface area (Å²) in [5.41, 5.74) is 0.896. The molecular weight excluding hydrogens is 294 g/mol. The van der Waals surface area contributed by atoms with E-state index in [-0.39, 0.29) is 22.7 Å². The second-order valence-corrected chi connectivity index (χ2v) is 4.48. The number of benzene rings is 2. The van der Waals surface area contributed by atoms with Gasteiger partial charge in [0.2, 0.25) is 0 Å². The number of hydrogen-bond acceptors (Lipinski definition) is 4. The van der Waals surface area contributed by atoms with E-state index in [9.17, 15) is 13.6 Å². The first-order chi connectivity index (χ1) is 10.5. The van der Waals surface area contributed by atoms with Gasteiger partial charge in [-0.2, -0.15) is 5.26 Å². The lowest BCUT2D eigenvalue weighted by Crippen LogP contribution is -2.25. The van der Waals surface area contributed by atoms with E-state index in [2.05, 4.69) is 14.8 Å². The van der Waals surface area contributed by atoms with Crippen molar-refractivity contribution in [3.63, 3.8) is 0 Å². The van der Waals surface area contributed by atoms with Crippen LogP contribution >= 0.6 is 0 Å². The quantitative estimate of drug-likeness (QED) is 0.925. The lowest BCUT2D eigenvalue weighted by molar-refractivity contribution is -0.286. The second-order valence-electron chi connectivity index (χ2n) is 4.48. The predicted octanol–water partition coefficient (Wildman–Crippen LogP) is 3.13. The maximum atomic E-state index is 12.9. The van der Waals surface area contributed by atoms with Crippen LogP contribution in [0.4, 0.5) is 14.5 Å². The summed E-state index contributed by atoms with van der Waals surface area (Å²) in [5, 5.41) is 11.3. The van der Waals surface area contributed by atoms with Crippen molar-refractivity contribution < 1.29 is 23.0 Å². The fourth-order valence-electron chi connectivity index (χ4n) is 1.96. The molecule has 0 spiro atoms. The van der Waals surface area contributed by atoms with Crippen molar-refractivity contribution in [3.8, 4) is 17.6 Å². The van der Waals surface area contributed by atoms with Gasteiger partial charge in [-0.25, -0.2) is 0 Å². The van der Waals surface area contributed by atoms with Gasteiger partial charge < -0.3 is 14.8 Å². The topological polar surface area (TPSA) is 71.4 Å². The molecule has 0 atom stereocenters. The molecule has 0 unspecified atom stereocenters. The van der Waals surface area contributed by atoms with Gasteiger partial charge in [0.1, 0.15) is 0 Å². The number of halogens is 2. The molecule has 0 aliphatic carbocycles. The molecule has 0 radical (unpaired) electrons. The first kappa shape index (κ1) is 13.8. The van der Waals surface area contributed by atoms with Gasteiger partial charge in [-0.3, -0.25) is 4.79 Å². The average Bonchev–Trinajstić information content (AvgIpc) is 2.80. The van der Waals surface area contributed by atoms with Crippen LogP contribution in [0.2, 0.25) is 0 Å². The molecule has 0 aromatic heterocycles. The number of amides is 1. The highest BCUT2D eigenvalue weighted by Gasteiger charge is 2.43. The van der Waals surface area contributed by atoms with Gasteiger partial charge in [-0.15, -0.1) is 8.78 Å². The van der Waals surface area contributed by atoms with Crippen molar-refractivity contribution in [2.24, 2.45) is 0 Å². The van der Waals surface area contributed by atoms with Gasteiger partial charge in [0.25, 0.3) is 5.91 Å². The molecule has 0 saturated heterocycles. The zero-order chi connectivity index (χ0) is 15.7. The van der Waals surface area contributed by atoms with Crippen LogP contribution in [0, 0.1) is 11.3 Å². The number of rotatable bonds is 2. The fourth-order valence-corrected chi connectivity index (χ4v) is 1.96. The molecule has 1 N–H and O–H groups in total. The Morgan fingerprint density at radius 2 is 1.91 bits per heavy atom. The number of carbonyl (C=O) groups is 1. The van der Waals surface area contributed by atoms with Gasteiger partial charge in [0.05, 0.1) is 11.6 Å². The van der Waals surface area contributed by atoms with Gasteiger partial charge in [0.15, 0.2) is 11.5 Å². The van der Waals surface area contributed by atoms with Crippen molar-refractivity contribution in [1.29, 1.82) is 5.26 Å². The smallest absolute Gasteiger partial charge is 0.395 e. The molecule has 0 fully saturated rings. The van der Waals surface area contributed by atoms with Crippen LogP contribution in [0.1, 0.15) is 15.9 Å². The third kappa shape index (κ3) is 2.67. The van der Waals surface area contributed by atoms with E-state index in [1.54, 1.807) is 12.1 Å². The Morgan fingerprint density at radius 3 is 2.68 bits per heavy atom. The van der Waals surface area contributed by atoms with Crippen LogP contribution in [0.25, 0.3) is 0 Å². The van der Waals surface area contributed by atoms with Crippen LogP contribution < -0.4 is 14.8 Å². The van der Waals surface area contributed by atoms with Crippen LogP contribution in [0.15, 0.2) is 42.5 Å². The Hall–Kier alpha value is -3.14. The zero-order valence-corrected chi connectivity index (χ0v) is 11.0. The van der Waals surface area contributed by atoms with E-state index in [0.29, 0.717) is 5.56 Å². The number of nitriles is 1. The highest BCUT2D eigenvalue weighted by atomic mass is 19.3. The Morgan fingerprint density at radius 1 is 1.14 bits per heavy atom. The van der Waals surface area contributed by atoms with E-state index >= 15 is 0 Å². The van der Waals surface area contributed by atoms with E-state index in [1.807, 2.05) is 6.07 Å². The summed E-state index contributed by atoms with van der Waals surface area (Å²) >= 11 is 0. The number of hydrogen-bond donors (Lipinski definition) is 1. The van der Waals surface area contributed by atoms with Crippen LogP contribution in [0.5, 0.6) is 11.5 Å². The van der Waals surface area contributed by atoms with Gasteiger partial charge in [0, 0.05) is 17.3 Å². The predicted molar refractivity (Wildman–Crippen MR) is 71.8 cm³/mol. The normalized spacial score (nSPS) is 14.2. The molecule has 1 heterocycles. The maximum Gasteiger partial charge on any atom is 0.586 e. The molecule has 2 aromatic rings. The maximum absolute atomic E-state index is 12.9. The highest BCUT2D eigenvalue weighted by molar-refractivity contribution is 6.04. The molecule has 22 heavy (non-hydrogen) atoms. The summed E-state index contributed by atoms with van der Waals surface area (Å²) in [4.78, 5) is 12.1. The molecule has 110 valence electrons. The number of alkyl halides is 2. The van der Waals surface area contributed by atoms with Gasteiger partial charge in [-0.05, 0) is 30.3 Å². The summed E-state index contributed by atoms with van der Waals surface area (Å²) in [7, 11) is 0. The Labute approximate surface area is 123 Å². The van der Waals surface area contributed by atoms with E-state index in [0.717, 1.165) is 0 Å². The zero-order valence-electron chi connectivity index (χ0n) is 11.0. The van der Waals surface area contributed by atoms with Crippen molar-refractivity contribution >= 4 is 11.6 Å². The molecule has 3 rings (SSSR count). The number of nitrogens with zero attached hydrogens (tertiary/aromatic N) is 1. The number of ether oxygens (including phenoxy) is 2. The summed E-state index contributed by atoms with van der Waals surface area (Å²) < 4.78 is 34.4. The molecule has 0 bridgehead atoms. The molecule has 2 aromatic carbocycles. The number of anilines is 1. The molecule has 7 heteroatoms. The SMILES string of the molecule is N#Cc1cccc(C(=O)Nc2ccc3c(c2)OC(F)(F)O3)c1. The third-order valence-corrected chi connectivity index (χ3v) is 2.91. The molecule has 5 nitrogen and oxygen atoms in total. The first-order valence-corrected chi connectivity index (χ1v) is 6.18. The van der Waals surface area contributed by atoms with Crippen molar-refractivity contribution in [1.82, 2.24) is 0 Å². The summed E-state index contributed by atoms with van der Waals surface area (Å²) in [6.07, 6.45) is -3.70. The van der Waals surface area contributed by atoms with E-state index < -0.39 is 12.2 Å². The minimum atomic E-state index is -3.70.